The van der Waals surface area contributed by atoms with Crippen molar-refractivity contribution in [3.63, 3.8) is 0 Å². The fourth-order valence-electron chi connectivity index (χ4n) is 1.47. The highest BCUT2D eigenvalue weighted by atomic mass is 16.4. The lowest BCUT2D eigenvalue weighted by molar-refractivity contribution is -0.139. The molecule has 88 valence electrons. The first kappa shape index (κ1) is 14.1. The van der Waals surface area contributed by atoms with Gasteiger partial charge in [-0.25, -0.2) is 0 Å². The van der Waals surface area contributed by atoms with Gasteiger partial charge in [-0.1, -0.05) is 6.92 Å². The van der Waals surface area contributed by atoms with Crippen LogP contribution in [0.2, 0.25) is 0 Å². The molecule has 0 aliphatic heterocycles. The molecule has 0 amide bonds. The van der Waals surface area contributed by atoms with Crippen LogP contribution in [-0.2, 0) is 9.59 Å². The van der Waals surface area contributed by atoms with Crippen molar-refractivity contribution >= 4 is 11.8 Å². The Morgan fingerprint density at radius 3 is 2.40 bits per heavy atom. The first-order valence-corrected chi connectivity index (χ1v) is 5.21. The summed E-state index contributed by atoms with van der Waals surface area (Å²) < 4.78 is 0. The molecule has 5 N–H and O–H groups in total. The first-order valence-electron chi connectivity index (χ1n) is 5.21. The molecule has 0 aromatic rings. The smallest absolute Gasteiger partial charge is 0.320 e. The van der Waals surface area contributed by atoms with Gasteiger partial charge in [0.25, 0.3) is 0 Å². The largest absolute Gasteiger partial charge is 0.480 e. The van der Waals surface area contributed by atoms with Crippen molar-refractivity contribution < 1.29 is 14.7 Å². The van der Waals surface area contributed by atoms with Gasteiger partial charge in [-0.3, -0.25) is 9.59 Å². The van der Waals surface area contributed by atoms with Crippen molar-refractivity contribution in [2.24, 2.45) is 17.4 Å². The number of carbonyl (C=O) groups excluding carboxylic acids is 1. The van der Waals surface area contributed by atoms with E-state index in [2.05, 4.69) is 0 Å². The second-order valence-electron chi connectivity index (χ2n) is 3.72. The quantitative estimate of drug-likeness (QED) is 0.534. The standard InChI is InChI=1S/C10H20N2O3/c1-2-8(13)5-7(3-4-11)6-9(12)10(14)15/h7,9H,2-6,11-12H2,1H3,(H,14,15)/t7?,9-/m0/s1. The van der Waals surface area contributed by atoms with Crippen LogP contribution in [0.1, 0.15) is 32.6 Å². The molecule has 5 heteroatoms. The maximum atomic E-state index is 11.2. The van der Waals surface area contributed by atoms with Crippen LogP contribution in [0.5, 0.6) is 0 Å². The summed E-state index contributed by atoms with van der Waals surface area (Å²) in [5.41, 5.74) is 10.8. The zero-order valence-corrected chi connectivity index (χ0v) is 9.11. The maximum absolute atomic E-state index is 11.2. The van der Waals surface area contributed by atoms with Crippen molar-refractivity contribution in [2.45, 2.75) is 38.6 Å². The predicted molar refractivity (Wildman–Crippen MR) is 57.3 cm³/mol. The Morgan fingerprint density at radius 2 is 2.00 bits per heavy atom. The number of rotatable bonds is 8. The molecule has 1 unspecified atom stereocenters. The molecule has 0 radical (unpaired) electrons. The molecule has 0 saturated carbocycles. The van der Waals surface area contributed by atoms with E-state index < -0.39 is 12.0 Å². The van der Waals surface area contributed by atoms with Crippen molar-refractivity contribution in [2.75, 3.05) is 6.54 Å². The van der Waals surface area contributed by atoms with E-state index >= 15 is 0 Å². The fraction of sp³-hybridized carbons (Fsp3) is 0.800. The molecule has 0 fully saturated rings. The van der Waals surface area contributed by atoms with Crippen LogP contribution < -0.4 is 11.5 Å². The van der Waals surface area contributed by atoms with E-state index in [1.807, 2.05) is 0 Å². The van der Waals surface area contributed by atoms with Crippen molar-refractivity contribution in [3.8, 4) is 0 Å². The average molecular weight is 216 g/mol. The Hall–Kier alpha value is -0.940. The highest BCUT2D eigenvalue weighted by molar-refractivity contribution is 5.78. The Morgan fingerprint density at radius 1 is 1.40 bits per heavy atom. The second-order valence-corrected chi connectivity index (χ2v) is 3.72. The molecule has 0 aromatic heterocycles. The molecule has 0 spiro atoms. The Balaban J connectivity index is 4.14. The fourth-order valence-corrected chi connectivity index (χ4v) is 1.47. The predicted octanol–water partition coefficient (Wildman–Crippen LogP) is 0.123. The first-order chi connectivity index (χ1) is 7.01. The minimum absolute atomic E-state index is 0.00597. The number of aliphatic carboxylic acids is 1. The molecule has 0 heterocycles. The number of ketones is 1. The highest BCUT2D eigenvalue weighted by Gasteiger charge is 2.19. The SMILES string of the molecule is CCC(=O)CC(CCN)C[C@H](N)C(=O)O. The lowest BCUT2D eigenvalue weighted by atomic mass is 9.91. The van der Waals surface area contributed by atoms with Crippen molar-refractivity contribution in [3.05, 3.63) is 0 Å². The lowest BCUT2D eigenvalue weighted by Crippen LogP contribution is -2.33. The molecule has 0 aliphatic rings. The van der Waals surface area contributed by atoms with Gasteiger partial charge in [0.05, 0.1) is 0 Å². The van der Waals surface area contributed by atoms with Gasteiger partial charge < -0.3 is 16.6 Å². The van der Waals surface area contributed by atoms with Crippen LogP contribution in [-0.4, -0.2) is 29.4 Å². The minimum atomic E-state index is -1.03. The van der Waals surface area contributed by atoms with E-state index in [0.717, 1.165) is 0 Å². The third kappa shape index (κ3) is 6.19. The van der Waals surface area contributed by atoms with Gasteiger partial charge in [-0.15, -0.1) is 0 Å². The van der Waals surface area contributed by atoms with Crippen LogP contribution >= 0.6 is 0 Å². The molecule has 0 aromatic carbocycles. The van der Waals surface area contributed by atoms with E-state index in [1.165, 1.54) is 0 Å². The number of hydrogen-bond donors (Lipinski definition) is 3. The average Bonchev–Trinajstić information content (AvgIpc) is 2.17. The third-order valence-corrected chi connectivity index (χ3v) is 2.39. The molecule has 0 aliphatic carbocycles. The third-order valence-electron chi connectivity index (χ3n) is 2.39. The number of carbonyl (C=O) groups is 2. The van der Waals surface area contributed by atoms with Gasteiger partial charge in [0.1, 0.15) is 11.8 Å². The minimum Gasteiger partial charge on any atom is -0.480 e. The van der Waals surface area contributed by atoms with Gasteiger partial charge in [0, 0.05) is 12.8 Å². The molecule has 15 heavy (non-hydrogen) atoms. The monoisotopic (exact) mass is 216 g/mol. The number of carboxylic acids is 1. The molecule has 0 rings (SSSR count). The van der Waals surface area contributed by atoms with Crippen molar-refractivity contribution in [1.82, 2.24) is 0 Å². The topological polar surface area (TPSA) is 106 Å². The summed E-state index contributed by atoms with van der Waals surface area (Å²) in [6.07, 6.45) is 1.82. The van der Waals surface area contributed by atoms with Gasteiger partial charge in [-0.05, 0) is 25.3 Å². The summed E-state index contributed by atoms with van der Waals surface area (Å²) in [6, 6.07) is -0.897. The highest BCUT2D eigenvalue weighted by Crippen LogP contribution is 2.16. The number of carboxylic acid groups (broad SMARTS) is 1. The molecule has 5 nitrogen and oxygen atoms in total. The van der Waals surface area contributed by atoms with E-state index in [4.69, 9.17) is 16.6 Å². The van der Waals surface area contributed by atoms with Gasteiger partial charge >= 0.3 is 5.97 Å². The Kier molecular flexibility index (Phi) is 6.90. The van der Waals surface area contributed by atoms with Crippen LogP contribution in [0.15, 0.2) is 0 Å². The van der Waals surface area contributed by atoms with Crippen LogP contribution in [0, 0.1) is 5.92 Å². The van der Waals surface area contributed by atoms with Crippen LogP contribution in [0.4, 0.5) is 0 Å². The molecular formula is C10H20N2O3. The number of nitrogens with two attached hydrogens (primary N) is 2. The zero-order valence-electron chi connectivity index (χ0n) is 9.11. The summed E-state index contributed by atoms with van der Waals surface area (Å²) in [4.78, 5) is 21.8. The van der Waals surface area contributed by atoms with E-state index in [1.54, 1.807) is 6.92 Å². The van der Waals surface area contributed by atoms with Crippen LogP contribution in [0.3, 0.4) is 0 Å². The molecule has 0 saturated heterocycles. The van der Waals surface area contributed by atoms with E-state index in [9.17, 15) is 9.59 Å². The molecular weight excluding hydrogens is 196 g/mol. The maximum Gasteiger partial charge on any atom is 0.320 e. The summed E-state index contributed by atoms with van der Waals surface area (Å²) in [5, 5.41) is 8.65. The van der Waals surface area contributed by atoms with Crippen molar-refractivity contribution in [1.29, 1.82) is 0 Å². The van der Waals surface area contributed by atoms with Gasteiger partial charge in [0.2, 0.25) is 0 Å². The van der Waals surface area contributed by atoms with Crippen LogP contribution in [0.25, 0.3) is 0 Å². The Labute approximate surface area is 89.8 Å². The van der Waals surface area contributed by atoms with E-state index in [-0.39, 0.29) is 11.7 Å². The van der Waals surface area contributed by atoms with Gasteiger partial charge in [-0.2, -0.15) is 0 Å². The number of Topliss-reactive ketones (excluding diaryl/α,β-unsaturated/α-hetero) is 1. The second kappa shape index (κ2) is 7.36. The summed E-state index contributed by atoms with van der Waals surface area (Å²) in [5.74, 6) is -0.902. The van der Waals surface area contributed by atoms with E-state index in [0.29, 0.717) is 32.2 Å². The molecule has 0 bridgehead atoms. The summed E-state index contributed by atoms with van der Waals surface area (Å²) in [6.45, 7) is 2.24. The summed E-state index contributed by atoms with van der Waals surface area (Å²) in [7, 11) is 0. The molecule has 2 atom stereocenters. The normalized spacial score (nSPS) is 14.6. The zero-order chi connectivity index (χ0) is 11.8. The van der Waals surface area contributed by atoms with Gasteiger partial charge in [0.15, 0.2) is 0 Å². The summed E-state index contributed by atoms with van der Waals surface area (Å²) >= 11 is 0. The number of hydrogen-bond acceptors (Lipinski definition) is 4. The Bertz CT molecular complexity index is 219. The lowest BCUT2D eigenvalue weighted by Gasteiger charge is -2.17.